The molecule has 4 heteroatoms. The smallest absolute Gasteiger partial charge is 0.251 e. The summed E-state index contributed by atoms with van der Waals surface area (Å²) in [6, 6.07) is 7.00. The minimum atomic E-state index is -0.0354. The van der Waals surface area contributed by atoms with Gasteiger partial charge in [-0.25, -0.2) is 0 Å². The second-order valence-corrected chi connectivity index (χ2v) is 6.49. The van der Waals surface area contributed by atoms with Gasteiger partial charge in [-0.1, -0.05) is 18.0 Å². The van der Waals surface area contributed by atoms with Crippen molar-refractivity contribution in [2.24, 2.45) is 0 Å². The third-order valence-electron chi connectivity index (χ3n) is 4.00. The van der Waals surface area contributed by atoms with Crippen molar-refractivity contribution in [1.82, 2.24) is 10.2 Å². The molecule has 1 amide bonds. The lowest BCUT2D eigenvalue weighted by atomic mass is 9.98. The third-order valence-corrected chi connectivity index (χ3v) is 4.25. The topological polar surface area (TPSA) is 32.3 Å². The first-order chi connectivity index (χ1) is 9.49. The van der Waals surface area contributed by atoms with Crippen LogP contribution in [0.25, 0.3) is 0 Å². The molecule has 1 aromatic rings. The van der Waals surface area contributed by atoms with E-state index in [1.807, 2.05) is 0 Å². The average Bonchev–Trinajstić information content (AvgIpc) is 2.46. The van der Waals surface area contributed by atoms with Crippen LogP contribution in [0.2, 0.25) is 5.02 Å². The highest BCUT2D eigenvalue weighted by atomic mass is 35.5. The monoisotopic (exact) mass is 294 g/mol. The molecule has 1 N–H and O–H groups in total. The minimum Gasteiger partial charge on any atom is -0.350 e. The summed E-state index contributed by atoms with van der Waals surface area (Å²) in [5.74, 6) is -0.0354. The van der Waals surface area contributed by atoms with Gasteiger partial charge in [-0.15, -0.1) is 0 Å². The summed E-state index contributed by atoms with van der Waals surface area (Å²) < 4.78 is 0. The maximum absolute atomic E-state index is 12.1. The quantitative estimate of drug-likeness (QED) is 0.924. The summed E-state index contributed by atoms with van der Waals surface area (Å²) in [5.41, 5.74) is 0.659. The molecule has 0 unspecified atom stereocenters. The lowest BCUT2D eigenvalue weighted by Crippen LogP contribution is -2.53. The Balaban J connectivity index is 1.90. The van der Waals surface area contributed by atoms with E-state index in [1.54, 1.807) is 24.3 Å². The van der Waals surface area contributed by atoms with E-state index in [4.69, 9.17) is 11.6 Å². The van der Waals surface area contributed by atoms with Crippen molar-refractivity contribution in [2.75, 3.05) is 19.6 Å². The number of likely N-dealkylation sites (tertiary alicyclic amines) is 1. The number of piperidine rings is 1. The van der Waals surface area contributed by atoms with Gasteiger partial charge in [0.2, 0.25) is 0 Å². The fourth-order valence-electron chi connectivity index (χ4n) is 2.61. The number of carbonyl (C=O) groups is 1. The molecule has 1 aromatic carbocycles. The fraction of sp³-hybridized carbons (Fsp3) is 0.562. The molecule has 1 aliphatic rings. The van der Waals surface area contributed by atoms with Crippen LogP contribution in [0, 0.1) is 0 Å². The number of nitrogens with one attached hydrogen (secondary N) is 1. The van der Waals surface area contributed by atoms with E-state index < -0.39 is 0 Å². The first kappa shape index (κ1) is 15.3. The molecule has 0 spiro atoms. The number of hydrogen-bond donors (Lipinski definition) is 1. The van der Waals surface area contributed by atoms with Gasteiger partial charge in [0.15, 0.2) is 0 Å². The molecule has 0 saturated carbocycles. The molecule has 1 aliphatic heterocycles. The van der Waals surface area contributed by atoms with Gasteiger partial charge in [-0.2, -0.15) is 0 Å². The highest BCUT2D eigenvalue weighted by Crippen LogP contribution is 2.20. The van der Waals surface area contributed by atoms with Crippen LogP contribution in [0.15, 0.2) is 24.3 Å². The van der Waals surface area contributed by atoms with Crippen LogP contribution < -0.4 is 5.32 Å². The molecule has 0 radical (unpaired) electrons. The molecule has 110 valence electrons. The van der Waals surface area contributed by atoms with Gasteiger partial charge >= 0.3 is 0 Å². The Hall–Kier alpha value is -1.06. The molecule has 3 nitrogen and oxygen atoms in total. The molecule has 2 rings (SSSR count). The number of benzene rings is 1. The van der Waals surface area contributed by atoms with Gasteiger partial charge in [0, 0.05) is 22.7 Å². The normalized spacial score (nSPS) is 16.9. The van der Waals surface area contributed by atoms with E-state index in [0.717, 1.165) is 13.1 Å². The summed E-state index contributed by atoms with van der Waals surface area (Å²) in [6.07, 6.45) is 3.84. The minimum absolute atomic E-state index is 0.00249. The zero-order valence-electron chi connectivity index (χ0n) is 12.3. The highest BCUT2D eigenvalue weighted by molar-refractivity contribution is 6.30. The van der Waals surface area contributed by atoms with Gasteiger partial charge in [0.1, 0.15) is 0 Å². The Bertz CT molecular complexity index is 450. The summed E-state index contributed by atoms with van der Waals surface area (Å²) in [5, 5.41) is 3.68. The number of rotatable bonds is 4. The zero-order valence-corrected chi connectivity index (χ0v) is 13.0. The second kappa shape index (κ2) is 6.59. The van der Waals surface area contributed by atoms with E-state index >= 15 is 0 Å². The molecular weight excluding hydrogens is 272 g/mol. The molecular formula is C16H23ClN2O. The molecule has 0 aliphatic carbocycles. The predicted octanol–water partition coefficient (Wildman–Crippen LogP) is 3.33. The van der Waals surface area contributed by atoms with Gasteiger partial charge in [0.05, 0.1) is 0 Å². The summed E-state index contributed by atoms with van der Waals surface area (Å²) in [6.45, 7) is 7.31. The number of carbonyl (C=O) groups excluding carboxylic acids is 1. The number of nitrogens with zero attached hydrogens (tertiary/aromatic N) is 1. The largest absolute Gasteiger partial charge is 0.350 e. The van der Waals surface area contributed by atoms with Crippen LogP contribution in [0.3, 0.4) is 0 Å². The van der Waals surface area contributed by atoms with Crippen LogP contribution >= 0.6 is 11.6 Å². The molecule has 0 aromatic heterocycles. The van der Waals surface area contributed by atoms with Crippen molar-refractivity contribution in [3.8, 4) is 0 Å². The standard InChI is InChI=1S/C16H23ClN2O/c1-16(2,19-10-4-3-5-11-19)12-18-15(20)13-6-8-14(17)9-7-13/h6-9H,3-5,10-12H2,1-2H3,(H,18,20). The van der Waals surface area contributed by atoms with Gasteiger partial charge in [-0.3, -0.25) is 9.69 Å². The van der Waals surface area contributed by atoms with Crippen molar-refractivity contribution in [3.05, 3.63) is 34.9 Å². The van der Waals surface area contributed by atoms with Crippen LogP contribution in [-0.2, 0) is 0 Å². The first-order valence-corrected chi connectivity index (χ1v) is 7.66. The fourth-order valence-corrected chi connectivity index (χ4v) is 2.74. The van der Waals surface area contributed by atoms with Crippen molar-refractivity contribution < 1.29 is 4.79 Å². The van der Waals surface area contributed by atoms with Crippen LogP contribution in [0.4, 0.5) is 0 Å². The lowest BCUT2D eigenvalue weighted by molar-refractivity contribution is 0.0797. The van der Waals surface area contributed by atoms with E-state index in [2.05, 4.69) is 24.1 Å². The number of amides is 1. The van der Waals surface area contributed by atoms with E-state index in [0.29, 0.717) is 17.1 Å². The molecule has 1 fully saturated rings. The van der Waals surface area contributed by atoms with Crippen molar-refractivity contribution in [2.45, 2.75) is 38.6 Å². The molecule has 20 heavy (non-hydrogen) atoms. The van der Waals surface area contributed by atoms with E-state index in [-0.39, 0.29) is 11.4 Å². The Morgan fingerprint density at radius 2 is 1.80 bits per heavy atom. The zero-order chi connectivity index (χ0) is 14.6. The van der Waals surface area contributed by atoms with Crippen molar-refractivity contribution in [1.29, 1.82) is 0 Å². The van der Waals surface area contributed by atoms with Crippen LogP contribution in [-0.4, -0.2) is 36.0 Å². The number of halogens is 1. The number of hydrogen-bond acceptors (Lipinski definition) is 2. The Morgan fingerprint density at radius 3 is 2.40 bits per heavy atom. The third kappa shape index (κ3) is 3.97. The average molecular weight is 295 g/mol. The van der Waals surface area contributed by atoms with Gasteiger partial charge < -0.3 is 5.32 Å². The van der Waals surface area contributed by atoms with E-state index in [9.17, 15) is 4.79 Å². The lowest BCUT2D eigenvalue weighted by Gasteiger charge is -2.41. The summed E-state index contributed by atoms with van der Waals surface area (Å²) in [4.78, 5) is 14.6. The highest BCUT2D eigenvalue weighted by Gasteiger charge is 2.28. The maximum Gasteiger partial charge on any atom is 0.251 e. The summed E-state index contributed by atoms with van der Waals surface area (Å²) in [7, 11) is 0. The SMILES string of the molecule is CC(C)(CNC(=O)c1ccc(Cl)cc1)N1CCCCC1. The van der Waals surface area contributed by atoms with Crippen molar-refractivity contribution in [3.63, 3.8) is 0 Å². The maximum atomic E-state index is 12.1. The van der Waals surface area contributed by atoms with Crippen LogP contribution in [0.5, 0.6) is 0 Å². The second-order valence-electron chi connectivity index (χ2n) is 6.05. The first-order valence-electron chi connectivity index (χ1n) is 7.28. The predicted molar refractivity (Wildman–Crippen MR) is 83.3 cm³/mol. The molecule has 1 saturated heterocycles. The molecule has 1 heterocycles. The Kier molecular flexibility index (Phi) is 5.06. The Morgan fingerprint density at radius 1 is 1.20 bits per heavy atom. The Labute approximate surface area is 126 Å². The van der Waals surface area contributed by atoms with Gasteiger partial charge in [-0.05, 0) is 64.0 Å². The van der Waals surface area contributed by atoms with Crippen molar-refractivity contribution >= 4 is 17.5 Å². The van der Waals surface area contributed by atoms with Crippen LogP contribution in [0.1, 0.15) is 43.5 Å². The molecule has 0 atom stereocenters. The van der Waals surface area contributed by atoms with Gasteiger partial charge in [0.25, 0.3) is 5.91 Å². The van der Waals surface area contributed by atoms with E-state index in [1.165, 1.54) is 19.3 Å². The summed E-state index contributed by atoms with van der Waals surface area (Å²) >= 11 is 5.83. The molecule has 0 bridgehead atoms.